The Balaban J connectivity index is 1.82. The molecule has 1 unspecified atom stereocenters. The van der Waals surface area contributed by atoms with Gasteiger partial charge in [0.05, 0.1) is 4.47 Å². The molecule has 0 bridgehead atoms. The Bertz CT molecular complexity index is 608. The van der Waals surface area contributed by atoms with Crippen LogP contribution in [0.25, 0.3) is 0 Å². The number of hydrogen-bond donors (Lipinski definition) is 1. The molecule has 1 amide bonds. The predicted octanol–water partition coefficient (Wildman–Crippen LogP) is 4.15. The molecule has 25 heavy (non-hydrogen) atoms. The molecule has 0 aliphatic carbocycles. The lowest BCUT2D eigenvalue weighted by atomic mass is 10.2. The van der Waals surface area contributed by atoms with Gasteiger partial charge in [0.2, 0.25) is 0 Å². The second-order valence-corrected chi connectivity index (χ2v) is 7.79. The normalized spacial score (nSPS) is 17.9. The molecule has 140 valence electrons. The minimum atomic E-state index is -2.85. The molecule has 1 aliphatic heterocycles. The molecule has 1 aliphatic rings. The standard InChI is InChI=1S/C17H23BrF2N2O3/c1-17(2,3)25-16(23)22-7-6-12(10-22)21-9-11-4-5-14(13(18)8-11)24-15(19)20/h4-5,8,12,15,21H,6-7,9-10H2,1-3H3. The maximum absolute atomic E-state index is 12.3. The maximum atomic E-state index is 12.3. The van der Waals surface area contributed by atoms with E-state index in [1.165, 1.54) is 6.07 Å². The molecule has 5 nitrogen and oxygen atoms in total. The van der Waals surface area contributed by atoms with Gasteiger partial charge in [0.1, 0.15) is 11.4 Å². The second-order valence-electron chi connectivity index (χ2n) is 6.94. The smallest absolute Gasteiger partial charge is 0.410 e. The van der Waals surface area contributed by atoms with Gasteiger partial charge in [-0.3, -0.25) is 0 Å². The third-order valence-corrected chi connectivity index (χ3v) is 4.27. The van der Waals surface area contributed by atoms with E-state index in [2.05, 4.69) is 26.0 Å². The van der Waals surface area contributed by atoms with E-state index in [9.17, 15) is 13.6 Å². The van der Waals surface area contributed by atoms with E-state index in [0.717, 1.165) is 12.0 Å². The van der Waals surface area contributed by atoms with Crippen LogP contribution in [0.4, 0.5) is 13.6 Å². The molecule has 0 saturated carbocycles. The summed E-state index contributed by atoms with van der Waals surface area (Å²) >= 11 is 3.23. The topological polar surface area (TPSA) is 50.8 Å². The van der Waals surface area contributed by atoms with Gasteiger partial charge >= 0.3 is 12.7 Å². The van der Waals surface area contributed by atoms with Gasteiger partial charge in [0, 0.05) is 25.7 Å². The maximum Gasteiger partial charge on any atom is 0.410 e. The number of likely N-dealkylation sites (tertiary alicyclic amines) is 1. The first-order valence-electron chi connectivity index (χ1n) is 8.08. The van der Waals surface area contributed by atoms with Gasteiger partial charge < -0.3 is 19.7 Å². The summed E-state index contributed by atoms with van der Waals surface area (Å²) in [6, 6.07) is 5.15. The van der Waals surface area contributed by atoms with Gasteiger partial charge in [-0.1, -0.05) is 6.07 Å². The highest BCUT2D eigenvalue weighted by Crippen LogP contribution is 2.27. The van der Waals surface area contributed by atoms with Crippen LogP contribution in [-0.2, 0) is 11.3 Å². The molecule has 1 fully saturated rings. The SMILES string of the molecule is CC(C)(C)OC(=O)N1CCC(NCc2ccc(OC(F)F)c(Br)c2)C1. The number of ether oxygens (including phenoxy) is 2. The predicted molar refractivity (Wildman–Crippen MR) is 93.8 cm³/mol. The number of carbonyl (C=O) groups is 1. The van der Waals surface area contributed by atoms with Crippen LogP contribution < -0.4 is 10.1 Å². The Kier molecular flexibility index (Phi) is 6.62. The monoisotopic (exact) mass is 420 g/mol. The number of nitrogens with one attached hydrogen (secondary N) is 1. The largest absolute Gasteiger partial charge is 0.444 e. The van der Waals surface area contributed by atoms with Crippen LogP contribution in [0.3, 0.4) is 0 Å². The van der Waals surface area contributed by atoms with Crippen LogP contribution in [0.1, 0.15) is 32.8 Å². The van der Waals surface area contributed by atoms with Crippen LogP contribution in [0.15, 0.2) is 22.7 Å². The summed E-state index contributed by atoms with van der Waals surface area (Å²) in [5.74, 6) is 0.107. The van der Waals surface area contributed by atoms with Crippen molar-refractivity contribution in [3.05, 3.63) is 28.2 Å². The van der Waals surface area contributed by atoms with E-state index < -0.39 is 12.2 Å². The van der Waals surface area contributed by atoms with Crippen molar-refractivity contribution >= 4 is 22.0 Å². The highest BCUT2D eigenvalue weighted by atomic mass is 79.9. The summed E-state index contributed by atoms with van der Waals surface area (Å²) in [5.41, 5.74) is 0.431. The minimum Gasteiger partial charge on any atom is -0.444 e. The van der Waals surface area contributed by atoms with Gasteiger partial charge in [0.15, 0.2) is 0 Å². The van der Waals surface area contributed by atoms with Gasteiger partial charge in [0.25, 0.3) is 0 Å². The van der Waals surface area contributed by atoms with Crippen LogP contribution in [0.5, 0.6) is 5.75 Å². The summed E-state index contributed by atoms with van der Waals surface area (Å²) in [4.78, 5) is 13.7. The van der Waals surface area contributed by atoms with E-state index >= 15 is 0 Å². The number of alkyl halides is 2. The number of hydrogen-bond acceptors (Lipinski definition) is 4. The molecule has 1 aromatic carbocycles. The van der Waals surface area contributed by atoms with Crippen LogP contribution in [0, 0.1) is 0 Å². The van der Waals surface area contributed by atoms with E-state index in [-0.39, 0.29) is 17.9 Å². The van der Waals surface area contributed by atoms with Crippen molar-refractivity contribution in [2.24, 2.45) is 0 Å². The third-order valence-electron chi connectivity index (χ3n) is 3.65. The fourth-order valence-corrected chi connectivity index (χ4v) is 3.05. The zero-order chi connectivity index (χ0) is 18.6. The number of benzene rings is 1. The Morgan fingerprint density at radius 1 is 1.44 bits per heavy atom. The lowest BCUT2D eigenvalue weighted by Gasteiger charge is -2.24. The Hall–Kier alpha value is -1.41. The molecule has 1 atom stereocenters. The summed E-state index contributed by atoms with van der Waals surface area (Å²) in [6.07, 6.45) is 0.542. The number of nitrogens with zero attached hydrogens (tertiary/aromatic N) is 1. The summed E-state index contributed by atoms with van der Waals surface area (Å²) in [7, 11) is 0. The molecule has 1 N–H and O–H groups in total. The van der Waals surface area contributed by atoms with Crippen molar-refractivity contribution < 1.29 is 23.0 Å². The first kappa shape index (κ1) is 19.9. The van der Waals surface area contributed by atoms with Crippen LogP contribution in [0.2, 0.25) is 0 Å². The lowest BCUT2D eigenvalue weighted by Crippen LogP contribution is -2.38. The molecule has 2 rings (SSSR count). The first-order chi connectivity index (χ1) is 11.6. The van der Waals surface area contributed by atoms with Crippen LogP contribution >= 0.6 is 15.9 Å². The average molecular weight is 421 g/mol. The molecule has 8 heteroatoms. The molecule has 1 aromatic rings. The molecular formula is C17H23BrF2N2O3. The third kappa shape index (κ3) is 6.43. The fourth-order valence-electron chi connectivity index (χ4n) is 2.53. The summed E-state index contributed by atoms with van der Waals surface area (Å²) < 4.78 is 34.8. The highest BCUT2D eigenvalue weighted by Gasteiger charge is 2.29. The number of amides is 1. The van der Waals surface area contributed by atoms with Crippen molar-refractivity contribution in [3.8, 4) is 5.75 Å². The Morgan fingerprint density at radius 3 is 2.76 bits per heavy atom. The molecule has 1 heterocycles. The highest BCUT2D eigenvalue weighted by molar-refractivity contribution is 9.10. The van der Waals surface area contributed by atoms with Crippen molar-refractivity contribution in [1.82, 2.24) is 10.2 Å². The Morgan fingerprint density at radius 2 is 2.16 bits per heavy atom. The molecule has 0 aromatic heterocycles. The van der Waals surface area contributed by atoms with E-state index in [1.807, 2.05) is 20.8 Å². The van der Waals surface area contributed by atoms with Crippen molar-refractivity contribution in [1.29, 1.82) is 0 Å². The lowest BCUT2D eigenvalue weighted by molar-refractivity contribution is -0.0503. The molecule has 1 saturated heterocycles. The average Bonchev–Trinajstić information content (AvgIpc) is 2.94. The number of carbonyl (C=O) groups excluding carboxylic acids is 1. The summed E-state index contributed by atoms with van der Waals surface area (Å²) in [5, 5.41) is 3.37. The van der Waals surface area contributed by atoms with E-state index in [1.54, 1.807) is 17.0 Å². The van der Waals surface area contributed by atoms with Crippen molar-refractivity contribution in [3.63, 3.8) is 0 Å². The quantitative estimate of drug-likeness (QED) is 0.776. The fraction of sp³-hybridized carbons (Fsp3) is 0.588. The van der Waals surface area contributed by atoms with Gasteiger partial charge in [-0.05, 0) is 60.8 Å². The van der Waals surface area contributed by atoms with Crippen molar-refractivity contribution in [2.45, 2.75) is 52.0 Å². The first-order valence-corrected chi connectivity index (χ1v) is 8.88. The molecule has 0 radical (unpaired) electrons. The molecule has 0 spiro atoms. The van der Waals surface area contributed by atoms with E-state index in [4.69, 9.17) is 4.74 Å². The number of halogens is 3. The Labute approximate surface area is 154 Å². The van der Waals surface area contributed by atoms with Gasteiger partial charge in [-0.25, -0.2) is 4.79 Å². The minimum absolute atomic E-state index is 0.107. The van der Waals surface area contributed by atoms with Gasteiger partial charge in [-0.2, -0.15) is 8.78 Å². The van der Waals surface area contributed by atoms with Crippen molar-refractivity contribution in [2.75, 3.05) is 13.1 Å². The molecular weight excluding hydrogens is 398 g/mol. The van der Waals surface area contributed by atoms with Gasteiger partial charge in [-0.15, -0.1) is 0 Å². The zero-order valence-electron chi connectivity index (χ0n) is 14.5. The summed E-state index contributed by atoms with van der Waals surface area (Å²) in [6.45, 7) is 4.49. The zero-order valence-corrected chi connectivity index (χ0v) is 16.1. The second kappa shape index (κ2) is 8.31. The van der Waals surface area contributed by atoms with Crippen LogP contribution in [-0.4, -0.2) is 42.3 Å². The van der Waals surface area contributed by atoms with E-state index in [0.29, 0.717) is 24.1 Å². The number of rotatable bonds is 5.